The fourth-order valence-corrected chi connectivity index (χ4v) is 1.75. The third-order valence-corrected chi connectivity index (χ3v) is 2.58. The first-order valence-electron chi connectivity index (χ1n) is 6.22. The minimum absolute atomic E-state index is 0.136. The SMILES string of the molecule is CCOC(=O)CCN(CC(=O)O)c1cccc(C)c1. The highest BCUT2D eigenvalue weighted by Gasteiger charge is 2.13. The van der Waals surface area contributed by atoms with Gasteiger partial charge in [-0.3, -0.25) is 9.59 Å². The predicted octanol–water partition coefficient (Wildman–Crippen LogP) is 1.84. The molecule has 0 radical (unpaired) electrons. The van der Waals surface area contributed by atoms with Gasteiger partial charge in [0.25, 0.3) is 0 Å². The number of carbonyl (C=O) groups is 2. The second kappa shape index (κ2) is 7.41. The average molecular weight is 265 g/mol. The van der Waals surface area contributed by atoms with Crippen LogP contribution in [0, 0.1) is 6.92 Å². The van der Waals surface area contributed by atoms with E-state index in [0.717, 1.165) is 11.3 Å². The van der Waals surface area contributed by atoms with Crippen LogP contribution in [0.25, 0.3) is 0 Å². The molecule has 0 fully saturated rings. The van der Waals surface area contributed by atoms with Crippen molar-refractivity contribution in [1.29, 1.82) is 0 Å². The molecule has 0 amide bonds. The molecule has 0 heterocycles. The van der Waals surface area contributed by atoms with Crippen molar-refractivity contribution < 1.29 is 19.4 Å². The van der Waals surface area contributed by atoms with Crippen molar-refractivity contribution >= 4 is 17.6 Å². The molecule has 5 heteroatoms. The minimum atomic E-state index is -0.926. The zero-order chi connectivity index (χ0) is 14.3. The lowest BCUT2D eigenvalue weighted by Crippen LogP contribution is -2.32. The summed E-state index contributed by atoms with van der Waals surface area (Å²) >= 11 is 0. The molecular weight excluding hydrogens is 246 g/mol. The quantitative estimate of drug-likeness (QED) is 0.762. The molecule has 0 aliphatic carbocycles. The summed E-state index contributed by atoms with van der Waals surface area (Å²) < 4.78 is 4.84. The maximum absolute atomic E-state index is 11.3. The largest absolute Gasteiger partial charge is 0.480 e. The van der Waals surface area contributed by atoms with Gasteiger partial charge in [-0.2, -0.15) is 0 Å². The molecule has 0 aliphatic heterocycles. The Labute approximate surface area is 112 Å². The van der Waals surface area contributed by atoms with Gasteiger partial charge in [-0.1, -0.05) is 12.1 Å². The number of carbonyl (C=O) groups excluding carboxylic acids is 1. The standard InChI is InChI=1S/C14H19NO4/c1-3-19-14(18)7-8-15(10-13(16)17)12-6-4-5-11(2)9-12/h4-6,9H,3,7-8,10H2,1-2H3,(H,16,17). The highest BCUT2D eigenvalue weighted by Crippen LogP contribution is 2.16. The number of esters is 1. The van der Waals surface area contributed by atoms with E-state index < -0.39 is 5.97 Å². The van der Waals surface area contributed by atoms with E-state index in [4.69, 9.17) is 9.84 Å². The van der Waals surface area contributed by atoms with Gasteiger partial charge in [0.15, 0.2) is 0 Å². The van der Waals surface area contributed by atoms with Crippen LogP contribution >= 0.6 is 0 Å². The van der Waals surface area contributed by atoms with Crippen LogP contribution in [-0.2, 0) is 14.3 Å². The van der Waals surface area contributed by atoms with Crippen molar-refractivity contribution in [1.82, 2.24) is 0 Å². The van der Waals surface area contributed by atoms with Crippen molar-refractivity contribution in [2.24, 2.45) is 0 Å². The van der Waals surface area contributed by atoms with Crippen molar-refractivity contribution in [2.75, 3.05) is 24.6 Å². The van der Waals surface area contributed by atoms with Crippen molar-refractivity contribution in [2.45, 2.75) is 20.3 Å². The Bertz CT molecular complexity index is 445. The van der Waals surface area contributed by atoms with Gasteiger partial charge >= 0.3 is 11.9 Å². The van der Waals surface area contributed by atoms with Crippen LogP contribution in [0.15, 0.2) is 24.3 Å². The van der Waals surface area contributed by atoms with Gasteiger partial charge in [0.05, 0.1) is 13.0 Å². The predicted molar refractivity (Wildman–Crippen MR) is 72.3 cm³/mol. The lowest BCUT2D eigenvalue weighted by atomic mass is 10.2. The van der Waals surface area contributed by atoms with Gasteiger partial charge in [-0.25, -0.2) is 0 Å². The molecule has 0 atom stereocenters. The summed E-state index contributed by atoms with van der Waals surface area (Å²) in [5, 5.41) is 8.93. The van der Waals surface area contributed by atoms with E-state index in [1.165, 1.54) is 0 Å². The van der Waals surface area contributed by atoms with E-state index in [1.807, 2.05) is 31.2 Å². The van der Waals surface area contributed by atoms with E-state index in [2.05, 4.69) is 0 Å². The molecule has 0 spiro atoms. The van der Waals surface area contributed by atoms with Crippen LogP contribution < -0.4 is 4.90 Å². The number of aliphatic carboxylic acids is 1. The van der Waals surface area contributed by atoms with Gasteiger partial charge in [0.2, 0.25) is 0 Å². The first-order valence-corrected chi connectivity index (χ1v) is 6.22. The number of nitrogens with zero attached hydrogens (tertiary/aromatic N) is 1. The number of rotatable bonds is 7. The topological polar surface area (TPSA) is 66.8 Å². The number of hydrogen-bond donors (Lipinski definition) is 1. The number of aryl methyl sites for hydroxylation is 1. The Kier molecular flexibility index (Phi) is 5.85. The second-order valence-corrected chi connectivity index (χ2v) is 4.21. The fraction of sp³-hybridized carbons (Fsp3) is 0.429. The van der Waals surface area contributed by atoms with Gasteiger partial charge in [-0.05, 0) is 31.5 Å². The normalized spacial score (nSPS) is 10.0. The zero-order valence-corrected chi connectivity index (χ0v) is 11.3. The van der Waals surface area contributed by atoms with Crippen LogP contribution in [0.2, 0.25) is 0 Å². The highest BCUT2D eigenvalue weighted by molar-refractivity contribution is 5.75. The number of ether oxygens (including phenoxy) is 1. The lowest BCUT2D eigenvalue weighted by Gasteiger charge is -2.22. The fourth-order valence-electron chi connectivity index (χ4n) is 1.75. The van der Waals surface area contributed by atoms with E-state index in [-0.39, 0.29) is 18.9 Å². The number of carboxylic acid groups (broad SMARTS) is 1. The van der Waals surface area contributed by atoms with Crippen LogP contribution in [0.5, 0.6) is 0 Å². The maximum Gasteiger partial charge on any atom is 0.323 e. The Morgan fingerprint density at radius 2 is 2.11 bits per heavy atom. The van der Waals surface area contributed by atoms with Crippen LogP contribution in [0.4, 0.5) is 5.69 Å². The van der Waals surface area contributed by atoms with Gasteiger partial charge in [0.1, 0.15) is 6.54 Å². The van der Waals surface area contributed by atoms with Crippen LogP contribution in [-0.4, -0.2) is 36.7 Å². The molecule has 5 nitrogen and oxygen atoms in total. The number of hydrogen-bond acceptors (Lipinski definition) is 4. The molecule has 0 saturated carbocycles. The van der Waals surface area contributed by atoms with Crippen LogP contribution in [0.1, 0.15) is 18.9 Å². The Morgan fingerprint density at radius 3 is 2.68 bits per heavy atom. The number of carboxylic acids is 1. The maximum atomic E-state index is 11.3. The summed E-state index contributed by atoms with van der Waals surface area (Å²) in [4.78, 5) is 23.9. The summed E-state index contributed by atoms with van der Waals surface area (Å²) in [6.07, 6.45) is 0.176. The van der Waals surface area contributed by atoms with E-state index in [9.17, 15) is 9.59 Å². The van der Waals surface area contributed by atoms with E-state index in [0.29, 0.717) is 13.2 Å². The summed E-state index contributed by atoms with van der Waals surface area (Å²) in [6, 6.07) is 7.53. The molecule has 1 rings (SSSR count). The number of anilines is 1. The minimum Gasteiger partial charge on any atom is -0.480 e. The third kappa shape index (κ3) is 5.42. The molecule has 0 aromatic heterocycles. The Balaban J connectivity index is 2.72. The molecule has 1 aromatic rings. The number of benzene rings is 1. The second-order valence-electron chi connectivity index (χ2n) is 4.21. The van der Waals surface area contributed by atoms with Gasteiger partial charge in [0, 0.05) is 12.2 Å². The molecule has 0 saturated heterocycles. The van der Waals surface area contributed by atoms with Gasteiger partial charge in [-0.15, -0.1) is 0 Å². The molecule has 104 valence electrons. The van der Waals surface area contributed by atoms with E-state index >= 15 is 0 Å². The molecule has 1 aromatic carbocycles. The third-order valence-electron chi connectivity index (χ3n) is 2.58. The highest BCUT2D eigenvalue weighted by atomic mass is 16.5. The monoisotopic (exact) mass is 265 g/mol. The first kappa shape index (κ1) is 15.0. The molecule has 19 heavy (non-hydrogen) atoms. The van der Waals surface area contributed by atoms with E-state index in [1.54, 1.807) is 11.8 Å². The molecule has 0 bridgehead atoms. The Hall–Kier alpha value is -2.04. The summed E-state index contributed by atoms with van der Waals surface area (Å²) in [7, 11) is 0. The molecule has 0 unspecified atom stereocenters. The first-order chi connectivity index (χ1) is 9.02. The molecular formula is C14H19NO4. The summed E-state index contributed by atoms with van der Waals surface area (Å²) in [5.74, 6) is -1.24. The van der Waals surface area contributed by atoms with Crippen molar-refractivity contribution in [3.63, 3.8) is 0 Å². The van der Waals surface area contributed by atoms with Crippen LogP contribution in [0.3, 0.4) is 0 Å². The Morgan fingerprint density at radius 1 is 1.37 bits per heavy atom. The van der Waals surface area contributed by atoms with Crippen molar-refractivity contribution in [3.8, 4) is 0 Å². The zero-order valence-electron chi connectivity index (χ0n) is 11.3. The smallest absolute Gasteiger partial charge is 0.323 e. The van der Waals surface area contributed by atoms with Crippen molar-refractivity contribution in [3.05, 3.63) is 29.8 Å². The lowest BCUT2D eigenvalue weighted by molar-refractivity contribution is -0.143. The average Bonchev–Trinajstić information content (AvgIpc) is 2.34. The molecule has 1 N–H and O–H groups in total. The summed E-state index contributed by atoms with van der Waals surface area (Å²) in [5.41, 5.74) is 1.84. The summed E-state index contributed by atoms with van der Waals surface area (Å²) in [6.45, 7) is 4.21. The van der Waals surface area contributed by atoms with Gasteiger partial charge < -0.3 is 14.7 Å². The molecule has 0 aliphatic rings.